The van der Waals surface area contributed by atoms with Crippen molar-refractivity contribution >= 4 is 17.7 Å². The van der Waals surface area contributed by atoms with Crippen LogP contribution in [0.1, 0.15) is 36.6 Å². The monoisotopic (exact) mass is 399 g/mol. The predicted octanol–water partition coefficient (Wildman–Crippen LogP) is 2.60. The Morgan fingerprint density at radius 3 is 2.68 bits per heavy atom. The van der Waals surface area contributed by atoms with Crippen LogP contribution in [-0.2, 0) is 13.0 Å². The van der Waals surface area contributed by atoms with Crippen LogP contribution in [0.2, 0.25) is 0 Å². The van der Waals surface area contributed by atoms with Gasteiger partial charge in [0.1, 0.15) is 5.82 Å². The molecule has 0 spiro atoms. The van der Waals surface area contributed by atoms with Crippen molar-refractivity contribution in [2.75, 3.05) is 12.8 Å². The van der Waals surface area contributed by atoms with E-state index in [0.29, 0.717) is 18.2 Å². The van der Waals surface area contributed by atoms with Crippen molar-refractivity contribution in [3.63, 3.8) is 0 Å². The highest BCUT2D eigenvalue weighted by Crippen LogP contribution is 2.16. The van der Waals surface area contributed by atoms with E-state index in [1.165, 1.54) is 0 Å². The van der Waals surface area contributed by atoms with Crippen molar-refractivity contribution in [2.45, 2.75) is 38.4 Å². The van der Waals surface area contributed by atoms with Crippen molar-refractivity contribution in [3.05, 3.63) is 48.0 Å². The number of carbonyl (C=O) groups is 1. The topological polar surface area (TPSA) is 90.5 Å². The quantitative estimate of drug-likeness (QED) is 0.439. The molecule has 2 heterocycles. The molecule has 0 fully saturated rings. The Morgan fingerprint density at radius 1 is 1.18 bits per heavy atom. The third-order valence-corrected chi connectivity index (χ3v) is 4.80. The summed E-state index contributed by atoms with van der Waals surface area (Å²) in [4.78, 5) is 12.3. The zero-order valence-electron chi connectivity index (χ0n) is 16.4. The fourth-order valence-electron chi connectivity index (χ4n) is 2.82. The molecular formula is C19H25N7OS. The van der Waals surface area contributed by atoms with Crippen LogP contribution < -0.4 is 5.32 Å². The number of nitrogens with one attached hydrogen (secondary N) is 1. The molecule has 28 heavy (non-hydrogen) atoms. The van der Waals surface area contributed by atoms with Gasteiger partial charge in [0.05, 0.1) is 11.9 Å². The maximum atomic E-state index is 12.3. The van der Waals surface area contributed by atoms with Crippen LogP contribution in [0.5, 0.6) is 0 Å². The molecule has 3 rings (SSSR count). The minimum atomic E-state index is -0.226. The Balaban J connectivity index is 1.51. The van der Waals surface area contributed by atoms with E-state index in [4.69, 9.17) is 0 Å². The molecule has 0 atom stereocenters. The smallest absolute Gasteiger partial charge is 0.273 e. The van der Waals surface area contributed by atoms with E-state index >= 15 is 0 Å². The molecule has 0 saturated heterocycles. The highest BCUT2D eigenvalue weighted by molar-refractivity contribution is 7.98. The van der Waals surface area contributed by atoms with E-state index in [2.05, 4.69) is 44.2 Å². The normalized spacial score (nSPS) is 11.1. The molecule has 9 heteroatoms. The summed E-state index contributed by atoms with van der Waals surface area (Å²) in [6.07, 6.45) is 5.18. The van der Waals surface area contributed by atoms with Crippen LogP contribution in [0.15, 0.2) is 41.7 Å². The summed E-state index contributed by atoms with van der Waals surface area (Å²) in [6, 6.07) is 9.58. The minimum Gasteiger partial charge on any atom is -0.351 e. The van der Waals surface area contributed by atoms with Crippen LogP contribution in [-0.4, -0.2) is 48.5 Å². The van der Waals surface area contributed by atoms with Crippen LogP contribution in [0, 0.1) is 5.92 Å². The van der Waals surface area contributed by atoms with E-state index < -0.39 is 0 Å². The lowest BCUT2D eigenvalue weighted by Gasteiger charge is -2.11. The molecule has 8 nitrogen and oxygen atoms in total. The van der Waals surface area contributed by atoms with Crippen LogP contribution >= 0.6 is 11.8 Å². The molecule has 3 aromatic rings. The lowest BCUT2D eigenvalue weighted by molar-refractivity contribution is 0.0948. The number of amides is 1. The summed E-state index contributed by atoms with van der Waals surface area (Å²) in [5, 5.41) is 20.4. The molecular weight excluding hydrogens is 374 g/mol. The maximum Gasteiger partial charge on any atom is 0.273 e. The number of rotatable bonds is 9. The van der Waals surface area contributed by atoms with Crippen LogP contribution in [0.3, 0.4) is 0 Å². The summed E-state index contributed by atoms with van der Waals surface area (Å²) < 4.78 is 3.76. The molecule has 2 aromatic heterocycles. The third kappa shape index (κ3) is 4.98. The second kappa shape index (κ2) is 9.50. The number of carbonyl (C=O) groups excluding carboxylic acids is 1. The average molecular weight is 400 g/mol. The average Bonchev–Trinajstić information content (AvgIpc) is 3.33. The number of thioether (sulfide) groups is 1. The second-order valence-corrected chi connectivity index (χ2v) is 7.62. The zero-order valence-corrected chi connectivity index (χ0v) is 17.2. The van der Waals surface area contributed by atoms with Gasteiger partial charge in [0.25, 0.3) is 5.91 Å². The van der Waals surface area contributed by atoms with Gasteiger partial charge in [0.2, 0.25) is 0 Å². The van der Waals surface area contributed by atoms with Gasteiger partial charge in [-0.25, -0.2) is 4.68 Å². The second-order valence-electron chi connectivity index (χ2n) is 6.85. The lowest BCUT2D eigenvalue weighted by atomic mass is 10.2. The van der Waals surface area contributed by atoms with Gasteiger partial charge in [0.15, 0.2) is 10.9 Å². The van der Waals surface area contributed by atoms with Gasteiger partial charge in [-0.3, -0.25) is 4.79 Å². The van der Waals surface area contributed by atoms with Gasteiger partial charge < -0.3 is 9.88 Å². The minimum absolute atomic E-state index is 0.226. The van der Waals surface area contributed by atoms with Gasteiger partial charge in [0, 0.05) is 19.5 Å². The van der Waals surface area contributed by atoms with Gasteiger partial charge in [-0.1, -0.05) is 49.0 Å². The molecule has 1 aromatic carbocycles. The highest BCUT2D eigenvalue weighted by Gasteiger charge is 2.14. The molecule has 1 amide bonds. The molecule has 0 aliphatic rings. The number of nitrogens with zero attached hydrogens (tertiary/aromatic N) is 6. The Hall–Kier alpha value is -2.68. The number of hydrogen-bond donors (Lipinski definition) is 1. The van der Waals surface area contributed by atoms with Gasteiger partial charge in [-0.05, 0) is 30.7 Å². The summed E-state index contributed by atoms with van der Waals surface area (Å²) in [7, 11) is 0. The van der Waals surface area contributed by atoms with E-state index in [9.17, 15) is 4.79 Å². The number of benzene rings is 1. The summed E-state index contributed by atoms with van der Waals surface area (Å²) in [5.74, 6) is 1.26. The molecule has 0 unspecified atom stereocenters. The first kappa shape index (κ1) is 20.1. The molecule has 0 saturated carbocycles. The lowest BCUT2D eigenvalue weighted by Crippen LogP contribution is -2.25. The fraction of sp³-hybridized carbons (Fsp3) is 0.421. The Labute approximate surface area is 168 Å². The van der Waals surface area contributed by atoms with E-state index in [-0.39, 0.29) is 5.91 Å². The Kier molecular flexibility index (Phi) is 6.80. The first-order chi connectivity index (χ1) is 13.6. The Bertz CT molecular complexity index is 904. The van der Waals surface area contributed by atoms with Crippen LogP contribution in [0.4, 0.5) is 0 Å². The van der Waals surface area contributed by atoms with Crippen molar-refractivity contribution < 1.29 is 4.79 Å². The number of aryl methyl sites for hydroxylation is 1. The van der Waals surface area contributed by atoms with Crippen molar-refractivity contribution in [1.29, 1.82) is 0 Å². The molecule has 0 aliphatic heterocycles. The standard InChI is InChI=1S/C19H25N7OS/c1-14(2)12-25-17(22-23-19(25)28-3)10-7-11-20-18(27)16-13-26(24-21-16)15-8-5-4-6-9-15/h4-6,8-9,13-14H,7,10-12H2,1-3H3,(H,20,27). The van der Waals surface area contributed by atoms with Crippen molar-refractivity contribution in [3.8, 4) is 5.69 Å². The fourth-order valence-corrected chi connectivity index (χ4v) is 3.34. The molecule has 0 radical (unpaired) electrons. The SMILES string of the molecule is CSc1nnc(CCCNC(=O)c2cn(-c3ccccc3)nn2)n1CC(C)C. The number of para-hydroxylation sites is 1. The maximum absolute atomic E-state index is 12.3. The third-order valence-electron chi connectivity index (χ3n) is 4.13. The van der Waals surface area contributed by atoms with Gasteiger partial charge in [-0.2, -0.15) is 0 Å². The first-order valence-corrected chi connectivity index (χ1v) is 10.5. The van der Waals surface area contributed by atoms with Gasteiger partial charge in [-0.15, -0.1) is 15.3 Å². The largest absolute Gasteiger partial charge is 0.351 e. The number of aromatic nitrogens is 6. The molecule has 148 valence electrons. The zero-order chi connectivity index (χ0) is 19.9. The summed E-state index contributed by atoms with van der Waals surface area (Å²) in [5.41, 5.74) is 1.17. The van der Waals surface area contributed by atoms with Crippen LogP contribution in [0.25, 0.3) is 5.69 Å². The molecule has 0 bridgehead atoms. The summed E-state index contributed by atoms with van der Waals surface area (Å²) >= 11 is 1.60. The number of hydrogen-bond acceptors (Lipinski definition) is 6. The van der Waals surface area contributed by atoms with Crippen molar-refractivity contribution in [2.24, 2.45) is 5.92 Å². The first-order valence-electron chi connectivity index (χ1n) is 9.30. The van der Waals surface area contributed by atoms with E-state index in [0.717, 1.165) is 36.1 Å². The summed E-state index contributed by atoms with van der Waals surface area (Å²) in [6.45, 7) is 5.79. The molecule has 1 N–H and O–H groups in total. The van der Waals surface area contributed by atoms with E-state index in [1.54, 1.807) is 22.6 Å². The predicted molar refractivity (Wildman–Crippen MR) is 109 cm³/mol. The molecule has 0 aliphatic carbocycles. The van der Waals surface area contributed by atoms with Gasteiger partial charge >= 0.3 is 0 Å². The van der Waals surface area contributed by atoms with Crippen molar-refractivity contribution in [1.82, 2.24) is 35.1 Å². The Morgan fingerprint density at radius 2 is 1.96 bits per heavy atom. The highest BCUT2D eigenvalue weighted by atomic mass is 32.2. The van der Waals surface area contributed by atoms with E-state index in [1.807, 2.05) is 36.6 Å².